The van der Waals surface area contributed by atoms with Crippen molar-refractivity contribution in [3.8, 4) is 0 Å². The van der Waals surface area contributed by atoms with E-state index in [0.717, 1.165) is 18.5 Å². The van der Waals surface area contributed by atoms with Crippen LogP contribution in [0.25, 0.3) is 0 Å². The first-order chi connectivity index (χ1) is 15.2. The summed E-state index contributed by atoms with van der Waals surface area (Å²) in [5.41, 5.74) is 4.14. The Morgan fingerprint density at radius 2 is 1.75 bits per heavy atom. The van der Waals surface area contributed by atoms with Crippen LogP contribution >= 0.6 is 0 Å². The molecule has 0 spiro atoms. The minimum Gasteiger partial charge on any atom is -0.336 e. The summed E-state index contributed by atoms with van der Waals surface area (Å²) < 4.78 is 27.4. The second kappa shape index (κ2) is 8.70. The predicted octanol–water partition coefficient (Wildman–Crippen LogP) is 3.59. The Morgan fingerprint density at radius 1 is 1.06 bits per heavy atom. The molecule has 1 aliphatic rings. The molecule has 0 atom stereocenters. The fraction of sp³-hybridized carbons (Fsp3) is 0.292. The summed E-state index contributed by atoms with van der Waals surface area (Å²) in [5, 5.41) is 0. The summed E-state index contributed by atoms with van der Waals surface area (Å²) in [6, 6.07) is 14.8. The summed E-state index contributed by atoms with van der Waals surface area (Å²) >= 11 is 0. The van der Waals surface area contributed by atoms with Gasteiger partial charge in [-0.2, -0.15) is 0 Å². The zero-order valence-electron chi connectivity index (χ0n) is 18.4. The van der Waals surface area contributed by atoms with Gasteiger partial charge in [0.1, 0.15) is 0 Å². The molecule has 4 rings (SSSR count). The van der Waals surface area contributed by atoms with Crippen molar-refractivity contribution in [2.45, 2.75) is 44.6 Å². The van der Waals surface area contributed by atoms with Gasteiger partial charge in [-0.25, -0.2) is 23.1 Å². The molecule has 3 aromatic rings. The van der Waals surface area contributed by atoms with E-state index < -0.39 is 15.9 Å². The predicted molar refractivity (Wildman–Crippen MR) is 123 cm³/mol. The number of nitrogens with one attached hydrogen (secondary N) is 1. The number of fused-ring (bicyclic) bond motifs is 1. The van der Waals surface area contributed by atoms with Gasteiger partial charge in [-0.05, 0) is 48.1 Å². The normalized spacial score (nSPS) is 13.7. The Kier molecular flexibility index (Phi) is 5.97. The maximum atomic E-state index is 12.7. The van der Waals surface area contributed by atoms with Gasteiger partial charge < -0.3 is 4.90 Å². The molecule has 1 aromatic heterocycles. The van der Waals surface area contributed by atoms with Crippen LogP contribution in [0.1, 0.15) is 52.5 Å². The number of hydrogen-bond acceptors (Lipinski definition) is 6. The summed E-state index contributed by atoms with van der Waals surface area (Å²) in [4.78, 5) is 23.6. The molecule has 0 radical (unpaired) electrons. The van der Waals surface area contributed by atoms with E-state index in [-0.39, 0.29) is 16.4 Å². The highest BCUT2D eigenvalue weighted by Gasteiger charge is 2.23. The Bertz CT molecular complexity index is 1250. The second-order valence-electron chi connectivity index (χ2n) is 8.27. The Labute approximate surface area is 188 Å². The molecule has 7 nitrogen and oxygen atoms in total. The van der Waals surface area contributed by atoms with Gasteiger partial charge in [-0.15, -0.1) is 0 Å². The number of carbonyl (C=O) groups is 1. The molecule has 8 heteroatoms. The number of amides is 1. The smallest absolute Gasteiger partial charge is 0.268 e. The van der Waals surface area contributed by atoms with E-state index in [1.54, 1.807) is 19.1 Å². The van der Waals surface area contributed by atoms with E-state index >= 15 is 0 Å². The monoisotopic (exact) mass is 450 g/mol. The highest BCUT2D eigenvalue weighted by molar-refractivity contribution is 7.90. The summed E-state index contributed by atoms with van der Waals surface area (Å²) in [6.45, 7) is 7.22. The number of nitrogens with zero attached hydrogens (tertiary/aromatic N) is 3. The highest BCUT2D eigenvalue weighted by Crippen LogP contribution is 2.23. The lowest BCUT2D eigenvalue weighted by Gasteiger charge is -2.29. The van der Waals surface area contributed by atoms with Gasteiger partial charge in [-0.3, -0.25) is 4.79 Å². The van der Waals surface area contributed by atoms with Crippen molar-refractivity contribution >= 4 is 21.9 Å². The number of hydrogen-bond donors (Lipinski definition) is 1. The lowest BCUT2D eigenvalue weighted by Crippen LogP contribution is -2.33. The Hall–Kier alpha value is -3.26. The SMILES string of the molecule is Cc1nc(N2CCc3ccccc3C2)ncc1C(=O)NS(=O)(=O)c1ccc(C(C)C)cc1. The maximum Gasteiger partial charge on any atom is 0.268 e. The molecule has 166 valence electrons. The number of aryl methyl sites for hydroxylation is 1. The fourth-order valence-electron chi connectivity index (χ4n) is 3.76. The lowest BCUT2D eigenvalue weighted by atomic mass is 10.0. The number of benzene rings is 2. The van der Waals surface area contributed by atoms with Crippen LogP contribution in [-0.2, 0) is 23.0 Å². The zero-order valence-corrected chi connectivity index (χ0v) is 19.2. The summed E-state index contributed by atoms with van der Waals surface area (Å²) in [5.74, 6) is 0.0692. The zero-order chi connectivity index (χ0) is 22.9. The average molecular weight is 451 g/mol. The van der Waals surface area contributed by atoms with Crippen LogP contribution in [-0.4, -0.2) is 30.8 Å². The average Bonchev–Trinajstić information content (AvgIpc) is 2.78. The van der Waals surface area contributed by atoms with Crippen LogP contribution in [0.15, 0.2) is 59.6 Å². The van der Waals surface area contributed by atoms with Crippen molar-refractivity contribution in [2.75, 3.05) is 11.4 Å². The van der Waals surface area contributed by atoms with E-state index in [4.69, 9.17) is 0 Å². The van der Waals surface area contributed by atoms with E-state index in [0.29, 0.717) is 18.2 Å². The van der Waals surface area contributed by atoms with Gasteiger partial charge in [0.25, 0.3) is 15.9 Å². The van der Waals surface area contributed by atoms with Crippen molar-refractivity contribution in [3.05, 3.63) is 82.7 Å². The fourth-order valence-corrected chi connectivity index (χ4v) is 4.73. The maximum absolute atomic E-state index is 12.7. The number of aromatic nitrogens is 2. The molecule has 0 unspecified atom stereocenters. The van der Waals surface area contributed by atoms with E-state index in [9.17, 15) is 13.2 Å². The number of rotatable bonds is 5. The van der Waals surface area contributed by atoms with Crippen molar-refractivity contribution in [1.29, 1.82) is 0 Å². The third-order valence-corrected chi connectivity index (χ3v) is 7.06. The Balaban J connectivity index is 1.50. The topological polar surface area (TPSA) is 92.3 Å². The molecule has 1 aliphatic heterocycles. The molecule has 1 amide bonds. The van der Waals surface area contributed by atoms with Crippen molar-refractivity contribution in [1.82, 2.24) is 14.7 Å². The molecule has 2 heterocycles. The standard InChI is InChI=1S/C24H26N4O3S/c1-16(2)18-8-10-21(11-9-18)32(30,31)27-23(29)22-14-25-24(26-17(22)3)28-13-12-19-6-4-5-7-20(19)15-28/h4-11,14,16H,12-13,15H2,1-3H3,(H,27,29). The first kappa shape index (κ1) is 22.0. The molecule has 2 aromatic carbocycles. The van der Waals surface area contributed by atoms with E-state index in [1.807, 2.05) is 26.0 Å². The van der Waals surface area contributed by atoms with Crippen LogP contribution in [0, 0.1) is 6.92 Å². The van der Waals surface area contributed by atoms with Crippen molar-refractivity contribution in [3.63, 3.8) is 0 Å². The van der Waals surface area contributed by atoms with Crippen LogP contribution in [0.5, 0.6) is 0 Å². The van der Waals surface area contributed by atoms with Crippen molar-refractivity contribution in [2.24, 2.45) is 0 Å². The van der Waals surface area contributed by atoms with Crippen LogP contribution in [0.4, 0.5) is 5.95 Å². The van der Waals surface area contributed by atoms with E-state index in [1.165, 1.54) is 29.5 Å². The van der Waals surface area contributed by atoms with Gasteiger partial charge >= 0.3 is 0 Å². The van der Waals surface area contributed by atoms with Crippen LogP contribution in [0.2, 0.25) is 0 Å². The molecular weight excluding hydrogens is 424 g/mol. The molecule has 0 bridgehead atoms. The van der Waals surface area contributed by atoms with Crippen LogP contribution in [0.3, 0.4) is 0 Å². The molecule has 0 fully saturated rings. The van der Waals surface area contributed by atoms with Crippen molar-refractivity contribution < 1.29 is 13.2 Å². The van der Waals surface area contributed by atoms with Crippen LogP contribution < -0.4 is 9.62 Å². The number of carbonyl (C=O) groups excluding carboxylic acids is 1. The van der Waals surface area contributed by atoms with Gasteiger partial charge in [0.2, 0.25) is 5.95 Å². The molecule has 0 saturated carbocycles. The second-order valence-corrected chi connectivity index (χ2v) is 9.95. The highest BCUT2D eigenvalue weighted by atomic mass is 32.2. The minimum atomic E-state index is -4.00. The van der Waals surface area contributed by atoms with Gasteiger partial charge in [0.15, 0.2) is 0 Å². The molecule has 0 aliphatic carbocycles. The summed E-state index contributed by atoms with van der Waals surface area (Å²) in [6.07, 6.45) is 2.29. The van der Waals surface area contributed by atoms with E-state index in [2.05, 4.69) is 31.7 Å². The van der Waals surface area contributed by atoms with Gasteiger partial charge in [0.05, 0.1) is 16.2 Å². The molecule has 1 N–H and O–H groups in total. The Morgan fingerprint density at radius 3 is 2.41 bits per heavy atom. The molecular formula is C24H26N4O3S. The first-order valence-corrected chi connectivity index (χ1v) is 12.1. The first-order valence-electron chi connectivity index (χ1n) is 10.6. The summed E-state index contributed by atoms with van der Waals surface area (Å²) in [7, 11) is -4.00. The van der Waals surface area contributed by atoms with Gasteiger partial charge in [-0.1, -0.05) is 50.2 Å². The molecule has 0 saturated heterocycles. The lowest BCUT2D eigenvalue weighted by molar-refractivity contribution is 0.0980. The largest absolute Gasteiger partial charge is 0.336 e. The third-order valence-electron chi connectivity index (χ3n) is 5.71. The minimum absolute atomic E-state index is 0.0393. The number of anilines is 1. The molecule has 32 heavy (non-hydrogen) atoms. The third kappa shape index (κ3) is 4.50. The van der Waals surface area contributed by atoms with Gasteiger partial charge in [0, 0.05) is 19.3 Å². The quantitative estimate of drug-likeness (QED) is 0.639. The number of sulfonamides is 1.